The Bertz CT molecular complexity index is 3140. The minimum absolute atomic E-state index is 0.647. The Morgan fingerprint density at radius 1 is 0.357 bits per heavy atom. The van der Waals surface area contributed by atoms with Gasteiger partial charge in [-0.2, -0.15) is 0 Å². The molecule has 3 heteroatoms. The fourth-order valence-corrected chi connectivity index (χ4v) is 9.42. The van der Waals surface area contributed by atoms with E-state index >= 15 is 0 Å². The van der Waals surface area contributed by atoms with Gasteiger partial charge in [-0.15, -0.1) is 0 Å². The van der Waals surface area contributed by atoms with Crippen LogP contribution in [0.15, 0.2) is 194 Å². The average molecular weight is 713 g/mol. The molecule has 10 aromatic rings. The Morgan fingerprint density at radius 2 is 0.911 bits per heavy atom. The van der Waals surface area contributed by atoms with Crippen molar-refractivity contribution in [1.82, 2.24) is 9.97 Å². The van der Waals surface area contributed by atoms with E-state index < -0.39 is 5.41 Å². The van der Waals surface area contributed by atoms with E-state index in [0.29, 0.717) is 5.82 Å². The second-order valence-electron chi connectivity index (χ2n) is 14.8. The maximum atomic E-state index is 7.16. The third-order valence-electron chi connectivity index (χ3n) is 11.9. The van der Waals surface area contributed by atoms with Crippen molar-refractivity contribution >= 4 is 32.4 Å². The number of aromatic nitrogens is 2. The van der Waals surface area contributed by atoms with Crippen LogP contribution in [0.2, 0.25) is 0 Å². The first kappa shape index (κ1) is 31.0. The number of benzene rings is 9. The maximum Gasteiger partial charge on any atom is 0.160 e. The maximum absolute atomic E-state index is 7.16. The molecule has 1 aliphatic heterocycles. The van der Waals surface area contributed by atoms with Gasteiger partial charge < -0.3 is 4.74 Å². The Kier molecular flexibility index (Phi) is 6.55. The summed E-state index contributed by atoms with van der Waals surface area (Å²) in [4.78, 5) is 10.6. The van der Waals surface area contributed by atoms with E-state index in [-0.39, 0.29) is 0 Å². The Hall–Kier alpha value is -7.36. The van der Waals surface area contributed by atoms with Crippen LogP contribution in [-0.4, -0.2) is 9.97 Å². The van der Waals surface area contributed by atoms with Crippen LogP contribution in [0, 0.1) is 0 Å². The van der Waals surface area contributed by atoms with Gasteiger partial charge in [0.15, 0.2) is 5.82 Å². The third-order valence-corrected chi connectivity index (χ3v) is 11.9. The van der Waals surface area contributed by atoms with E-state index in [4.69, 9.17) is 14.7 Å². The van der Waals surface area contributed by atoms with Crippen molar-refractivity contribution in [2.24, 2.45) is 0 Å². The van der Waals surface area contributed by atoms with Gasteiger partial charge >= 0.3 is 0 Å². The summed E-state index contributed by atoms with van der Waals surface area (Å²) in [5, 5.41) is 5.54. The second kappa shape index (κ2) is 11.8. The Balaban J connectivity index is 1.12. The smallest absolute Gasteiger partial charge is 0.160 e. The SMILES string of the molecule is c1ccc(-c2ccc(-c3nc(-c4ccc5c(c4)C4(c6ccccc6-5)c5ccc6ccccc6c5Oc5c4ccc4ccccc54)nc4ccccc34)cc2)cc1. The molecule has 12 rings (SSSR count). The van der Waals surface area contributed by atoms with Gasteiger partial charge in [0.05, 0.1) is 16.6 Å². The van der Waals surface area contributed by atoms with Gasteiger partial charge in [-0.3, -0.25) is 0 Å². The highest BCUT2D eigenvalue weighted by molar-refractivity contribution is 6.00. The molecule has 0 fully saturated rings. The molecule has 9 aromatic carbocycles. The molecule has 0 saturated carbocycles. The van der Waals surface area contributed by atoms with Crippen molar-refractivity contribution in [3.63, 3.8) is 0 Å². The molecule has 0 bridgehead atoms. The zero-order valence-electron chi connectivity index (χ0n) is 30.3. The van der Waals surface area contributed by atoms with Crippen LogP contribution < -0.4 is 4.74 Å². The van der Waals surface area contributed by atoms with Crippen molar-refractivity contribution in [1.29, 1.82) is 0 Å². The highest BCUT2D eigenvalue weighted by Gasteiger charge is 2.52. The summed E-state index contributed by atoms with van der Waals surface area (Å²) in [5.41, 5.74) is 12.8. The lowest BCUT2D eigenvalue weighted by Crippen LogP contribution is -2.32. The number of rotatable bonds is 3. The van der Waals surface area contributed by atoms with Crippen LogP contribution in [0.3, 0.4) is 0 Å². The molecule has 0 N–H and O–H groups in total. The largest absolute Gasteiger partial charge is 0.455 e. The summed E-state index contributed by atoms with van der Waals surface area (Å²) in [5.74, 6) is 2.51. The first-order valence-electron chi connectivity index (χ1n) is 19.2. The average Bonchev–Trinajstić information content (AvgIpc) is 3.56. The first-order valence-corrected chi connectivity index (χ1v) is 19.2. The lowest BCUT2D eigenvalue weighted by molar-refractivity contribution is 0.447. The van der Waals surface area contributed by atoms with Gasteiger partial charge in [-0.25, -0.2) is 9.97 Å². The van der Waals surface area contributed by atoms with Crippen LogP contribution in [0.1, 0.15) is 22.3 Å². The molecule has 2 aliphatic rings. The van der Waals surface area contributed by atoms with E-state index in [1.807, 2.05) is 0 Å². The number of para-hydroxylation sites is 1. The minimum atomic E-state index is -0.647. The molecule has 0 unspecified atom stereocenters. The fraction of sp³-hybridized carbons (Fsp3) is 0.0189. The monoisotopic (exact) mass is 712 g/mol. The second-order valence-corrected chi connectivity index (χ2v) is 14.8. The fourth-order valence-electron chi connectivity index (χ4n) is 9.42. The lowest BCUT2D eigenvalue weighted by Gasteiger charge is -2.40. The molecular formula is C53H32N2O. The first-order chi connectivity index (χ1) is 27.8. The molecule has 1 spiro atoms. The number of nitrogens with zero attached hydrogens (tertiary/aromatic N) is 2. The van der Waals surface area contributed by atoms with Crippen molar-refractivity contribution in [3.05, 3.63) is 216 Å². The molecule has 3 nitrogen and oxygen atoms in total. The van der Waals surface area contributed by atoms with Crippen LogP contribution in [0.4, 0.5) is 0 Å². The molecule has 0 atom stereocenters. The number of hydrogen-bond donors (Lipinski definition) is 0. The van der Waals surface area contributed by atoms with Gasteiger partial charge in [0.25, 0.3) is 0 Å². The summed E-state index contributed by atoms with van der Waals surface area (Å²) in [6.07, 6.45) is 0. The molecule has 1 aromatic heterocycles. The molecule has 56 heavy (non-hydrogen) atoms. The van der Waals surface area contributed by atoms with Gasteiger partial charge in [0, 0.05) is 38.4 Å². The molecular weight excluding hydrogens is 681 g/mol. The van der Waals surface area contributed by atoms with Gasteiger partial charge in [-0.05, 0) is 56.3 Å². The summed E-state index contributed by atoms with van der Waals surface area (Å²) in [7, 11) is 0. The lowest BCUT2D eigenvalue weighted by atomic mass is 9.65. The third kappa shape index (κ3) is 4.34. The standard InChI is InChI=1S/C53H32N2O/c1-2-12-33(13-3-1)34-22-24-37(25-23-34)49-43-19-9-11-21-48(43)54-52(55-49)38-26-29-42-41-18-8-10-20-44(41)53(47(42)32-38)45-30-27-35-14-4-6-16-39(35)50(45)56-51-40-17-7-5-15-36(40)28-31-46(51)53/h1-32H. The normalized spacial score (nSPS) is 13.3. The van der Waals surface area contributed by atoms with Crippen molar-refractivity contribution in [2.75, 3.05) is 0 Å². The van der Waals surface area contributed by atoms with Gasteiger partial charge in [0.1, 0.15) is 11.5 Å². The highest BCUT2D eigenvalue weighted by atomic mass is 16.5. The number of hydrogen-bond acceptors (Lipinski definition) is 3. The molecule has 260 valence electrons. The van der Waals surface area contributed by atoms with Gasteiger partial charge in [-0.1, -0.05) is 182 Å². The van der Waals surface area contributed by atoms with E-state index in [1.54, 1.807) is 0 Å². The minimum Gasteiger partial charge on any atom is -0.455 e. The number of fused-ring (bicyclic) bond motifs is 14. The predicted molar refractivity (Wildman–Crippen MR) is 228 cm³/mol. The molecule has 2 heterocycles. The zero-order chi connectivity index (χ0) is 36.8. The van der Waals surface area contributed by atoms with E-state index in [9.17, 15) is 0 Å². The van der Waals surface area contributed by atoms with Crippen LogP contribution >= 0.6 is 0 Å². The zero-order valence-corrected chi connectivity index (χ0v) is 30.3. The van der Waals surface area contributed by atoms with Crippen molar-refractivity contribution in [2.45, 2.75) is 5.41 Å². The van der Waals surface area contributed by atoms with Gasteiger partial charge in [0.2, 0.25) is 0 Å². The van der Waals surface area contributed by atoms with Crippen LogP contribution in [-0.2, 0) is 5.41 Å². The summed E-state index contributed by atoms with van der Waals surface area (Å²) in [6.45, 7) is 0. The van der Waals surface area contributed by atoms with Crippen LogP contribution in [0.25, 0.3) is 77.3 Å². The topological polar surface area (TPSA) is 35.0 Å². The molecule has 0 saturated heterocycles. The molecule has 0 radical (unpaired) electrons. The highest BCUT2D eigenvalue weighted by Crippen LogP contribution is 2.64. The quantitative estimate of drug-likeness (QED) is 0.183. The molecule has 0 amide bonds. The summed E-state index contributed by atoms with van der Waals surface area (Å²) >= 11 is 0. The van der Waals surface area contributed by atoms with E-state index in [0.717, 1.165) is 71.9 Å². The van der Waals surface area contributed by atoms with E-state index in [1.165, 1.54) is 33.4 Å². The summed E-state index contributed by atoms with van der Waals surface area (Å²) < 4.78 is 7.16. The Morgan fingerprint density at radius 3 is 1.64 bits per heavy atom. The number of ether oxygens (including phenoxy) is 1. The van der Waals surface area contributed by atoms with Crippen molar-refractivity contribution in [3.8, 4) is 56.4 Å². The summed E-state index contributed by atoms with van der Waals surface area (Å²) in [6, 6.07) is 69.5. The molecule has 1 aliphatic carbocycles. The Labute approximate surface area is 324 Å². The van der Waals surface area contributed by atoms with Crippen LogP contribution in [0.5, 0.6) is 11.5 Å². The van der Waals surface area contributed by atoms with Crippen molar-refractivity contribution < 1.29 is 4.74 Å². The predicted octanol–water partition coefficient (Wildman–Crippen LogP) is 13.4. The van der Waals surface area contributed by atoms with E-state index in [2.05, 4.69) is 194 Å².